The monoisotopic (exact) mass is 467 g/mol. The van der Waals surface area contributed by atoms with E-state index in [0.717, 1.165) is 55.8 Å². The van der Waals surface area contributed by atoms with Gasteiger partial charge in [0.05, 0.1) is 30.5 Å². The minimum atomic E-state index is -1.20. The Labute approximate surface area is 199 Å². The molecule has 5 rings (SSSR count). The van der Waals surface area contributed by atoms with Crippen LogP contribution in [0.1, 0.15) is 60.6 Å². The maximum Gasteiger partial charge on any atom is 0.341 e. The van der Waals surface area contributed by atoms with Crippen molar-refractivity contribution in [2.24, 2.45) is 5.92 Å². The molecular weight excluding hydrogens is 434 g/mol. The molecule has 8 nitrogen and oxygen atoms in total. The molecule has 0 amide bonds. The second kappa shape index (κ2) is 8.43. The number of carbonyl (C=O) groups is 1. The molecule has 8 heteroatoms. The molecule has 0 bridgehead atoms. The standard InChI is InChI=1S/C26H33N3O5/c1-26(2)7-5-21-19-10-22(27-8-6-16(12-27)14-33-3)17(15-34-4)9-18(19)23-11-24(30)20(25(31)32)13-28(23)29(21)26/h9-11,13,16,21H,5-8,12,14-15H2,1-4H3,(H,31,32)/t16-,21-/m1/s1. The van der Waals surface area contributed by atoms with Crippen LogP contribution in [0.3, 0.4) is 0 Å². The number of carboxylic acids is 1. The van der Waals surface area contributed by atoms with Crippen LogP contribution in [0.4, 0.5) is 5.69 Å². The number of nitrogens with zero attached hydrogens (tertiary/aromatic N) is 3. The first-order valence-electron chi connectivity index (χ1n) is 11.9. The van der Waals surface area contributed by atoms with Gasteiger partial charge in [-0.3, -0.25) is 14.5 Å². The summed E-state index contributed by atoms with van der Waals surface area (Å²) in [5.41, 5.74) is 4.31. The van der Waals surface area contributed by atoms with Crippen molar-refractivity contribution in [3.63, 3.8) is 0 Å². The molecule has 34 heavy (non-hydrogen) atoms. The summed E-state index contributed by atoms with van der Waals surface area (Å²) in [6.07, 6.45) is 4.53. The summed E-state index contributed by atoms with van der Waals surface area (Å²) in [5, 5.41) is 11.9. The molecule has 2 fully saturated rings. The van der Waals surface area contributed by atoms with Gasteiger partial charge in [-0.2, -0.15) is 0 Å². The van der Waals surface area contributed by atoms with Gasteiger partial charge < -0.3 is 19.5 Å². The van der Waals surface area contributed by atoms with Crippen molar-refractivity contribution < 1.29 is 19.4 Å². The van der Waals surface area contributed by atoms with E-state index in [1.54, 1.807) is 14.2 Å². The minimum Gasteiger partial charge on any atom is -0.477 e. The summed E-state index contributed by atoms with van der Waals surface area (Å²) in [4.78, 5) is 26.9. The van der Waals surface area contributed by atoms with Gasteiger partial charge in [-0.05, 0) is 50.8 Å². The molecule has 1 N–H and O–H groups in total. The molecule has 0 spiro atoms. The van der Waals surface area contributed by atoms with E-state index < -0.39 is 11.4 Å². The van der Waals surface area contributed by atoms with E-state index in [9.17, 15) is 14.7 Å². The van der Waals surface area contributed by atoms with Gasteiger partial charge in [0, 0.05) is 62.3 Å². The van der Waals surface area contributed by atoms with Crippen molar-refractivity contribution in [1.29, 1.82) is 0 Å². The van der Waals surface area contributed by atoms with Crippen LogP contribution in [0.2, 0.25) is 0 Å². The van der Waals surface area contributed by atoms with E-state index in [2.05, 4.69) is 35.9 Å². The molecule has 0 radical (unpaired) electrons. The molecule has 2 aromatic rings. The zero-order chi connectivity index (χ0) is 24.2. The topological polar surface area (TPSA) is 84.2 Å². The lowest BCUT2D eigenvalue weighted by atomic mass is 9.91. The quantitative estimate of drug-likeness (QED) is 0.697. The molecule has 3 aliphatic rings. The molecule has 1 aromatic heterocycles. The highest BCUT2D eigenvalue weighted by Gasteiger charge is 2.45. The third kappa shape index (κ3) is 3.60. The predicted molar refractivity (Wildman–Crippen MR) is 130 cm³/mol. The number of benzene rings is 1. The van der Waals surface area contributed by atoms with Gasteiger partial charge in [0.2, 0.25) is 0 Å². The van der Waals surface area contributed by atoms with Crippen LogP contribution >= 0.6 is 0 Å². The minimum absolute atomic E-state index is 0.106. The predicted octanol–water partition coefficient (Wildman–Crippen LogP) is 3.40. The summed E-state index contributed by atoms with van der Waals surface area (Å²) in [6.45, 7) is 7.49. The number of hydrogen-bond acceptors (Lipinski definition) is 6. The Bertz CT molecular complexity index is 1190. The van der Waals surface area contributed by atoms with Crippen LogP contribution in [0.25, 0.3) is 11.3 Å². The maximum atomic E-state index is 12.7. The van der Waals surface area contributed by atoms with Crippen molar-refractivity contribution in [2.75, 3.05) is 43.8 Å². The number of rotatable bonds is 6. The number of hydrogen-bond donors (Lipinski definition) is 1. The second-order valence-electron chi connectivity index (χ2n) is 10.4. The molecule has 0 saturated carbocycles. The molecule has 182 valence electrons. The second-order valence-corrected chi connectivity index (χ2v) is 10.4. The molecule has 0 unspecified atom stereocenters. The highest BCUT2D eigenvalue weighted by molar-refractivity contribution is 5.88. The smallest absolute Gasteiger partial charge is 0.341 e. The van der Waals surface area contributed by atoms with Crippen molar-refractivity contribution in [2.45, 2.75) is 51.3 Å². The normalized spacial score (nSPS) is 22.5. The zero-order valence-corrected chi connectivity index (χ0v) is 20.3. The van der Waals surface area contributed by atoms with Crippen molar-refractivity contribution >= 4 is 11.7 Å². The first-order chi connectivity index (χ1) is 16.2. The summed E-state index contributed by atoms with van der Waals surface area (Å²) in [6, 6.07) is 6.02. The number of anilines is 1. The van der Waals surface area contributed by atoms with E-state index >= 15 is 0 Å². The fourth-order valence-corrected chi connectivity index (χ4v) is 6.08. The molecule has 4 heterocycles. The van der Waals surface area contributed by atoms with Gasteiger partial charge in [0.15, 0.2) is 5.43 Å². The van der Waals surface area contributed by atoms with Gasteiger partial charge in [0.25, 0.3) is 0 Å². The van der Waals surface area contributed by atoms with Gasteiger partial charge in [-0.25, -0.2) is 4.79 Å². The molecule has 1 aromatic carbocycles. The van der Waals surface area contributed by atoms with Crippen molar-refractivity contribution in [3.8, 4) is 11.3 Å². The number of carboxylic acid groups (broad SMARTS) is 1. The fourth-order valence-electron chi connectivity index (χ4n) is 6.08. The average molecular weight is 468 g/mol. The molecule has 0 aliphatic carbocycles. The molecular formula is C26H33N3O5. The largest absolute Gasteiger partial charge is 0.477 e. The van der Waals surface area contributed by atoms with Crippen LogP contribution in [-0.2, 0) is 16.1 Å². The van der Waals surface area contributed by atoms with Crippen LogP contribution in [0.5, 0.6) is 0 Å². The van der Waals surface area contributed by atoms with Crippen molar-refractivity contribution in [1.82, 2.24) is 4.68 Å². The first kappa shape index (κ1) is 22.9. The Morgan fingerprint density at radius 2 is 1.97 bits per heavy atom. The van der Waals surface area contributed by atoms with Crippen molar-refractivity contribution in [3.05, 3.63) is 51.3 Å². The Morgan fingerprint density at radius 3 is 2.68 bits per heavy atom. The Kier molecular flexibility index (Phi) is 5.68. The SMILES string of the molecule is COCc1cc2c(cc1N1CC[C@@H](COC)C1)[C@H]1CCC(C)(C)N1n1cc(C(=O)O)c(=O)cc1-2. The lowest BCUT2D eigenvalue weighted by molar-refractivity contribution is 0.0694. The number of fused-ring (bicyclic) bond motifs is 6. The molecule has 2 saturated heterocycles. The van der Waals surface area contributed by atoms with Crippen LogP contribution in [-0.4, -0.2) is 55.2 Å². The van der Waals surface area contributed by atoms with Gasteiger partial charge in [-0.15, -0.1) is 0 Å². The van der Waals surface area contributed by atoms with E-state index in [1.807, 2.05) is 4.68 Å². The number of ether oxygens (including phenoxy) is 2. The molecule has 2 atom stereocenters. The Hall–Kier alpha value is -2.84. The highest BCUT2D eigenvalue weighted by atomic mass is 16.5. The zero-order valence-electron chi connectivity index (χ0n) is 20.3. The molecule has 3 aliphatic heterocycles. The first-order valence-corrected chi connectivity index (χ1v) is 11.9. The lowest BCUT2D eigenvalue weighted by Gasteiger charge is -2.45. The number of aromatic nitrogens is 1. The maximum absolute atomic E-state index is 12.7. The Morgan fingerprint density at radius 1 is 1.18 bits per heavy atom. The van der Waals surface area contributed by atoms with E-state index in [1.165, 1.54) is 23.5 Å². The van der Waals surface area contributed by atoms with Crippen LogP contribution in [0.15, 0.2) is 29.2 Å². The Balaban J connectivity index is 1.70. The van der Waals surface area contributed by atoms with E-state index in [4.69, 9.17) is 9.47 Å². The number of pyridine rings is 1. The third-order valence-corrected chi connectivity index (χ3v) is 7.65. The number of methoxy groups -OCH3 is 2. The number of aromatic carboxylic acids is 1. The highest BCUT2D eigenvalue weighted by Crippen LogP contribution is 2.49. The summed E-state index contributed by atoms with van der Waals surface area (Å²) in [7, 11) is 3.45. The van der Waals surface area contributed by atoms with Crippen LogP contribution in [0, 0.1) is 5.92 Å². The fraction of sp³-hybridized carbons (Fsp3) is 0.538. The third-order valence-electron chi connectivity index (χ3n) is 7.65. The van der Waals surface area contributed by atoms with E-state index in [0.29, 0.717) is 12.5 Å². The summed E-state index contributed by atoms with van der Waals surface area (Å²) >= 11 is 0. The van der Waals surface area contributed by atoms with Crippen LogP contribution < -0.4 is 15.3 Å². The van der Waals surface area contributed by atoms with Gasteiger partial charge >= 0.3 is 5.97 Å². The lowest BCUT2D eigenvalue weighted by Crippen LogP contribution is -2.50. The van der Waals surface area contributed by atoms with Gasteiger partial charge in [0.1, 0.15) is 5.56 Å². The van der Waals surface area contributed by atoms with Gasteiger partial charge in [-0.1, -0.05) is 0 Å². The van der Waals surface area contributed by atoms with E-state index in [-0.39, 0.29) is 17.1 Å². The summed E-state index contributed by atoms with van der Waals surface area (Å²) in [5.74, 6) is -0.693. The summed E-state index contributed by atoms with van der Waals surface area (Å²) < 4.78 is 12.9. The average Bonchev–Trinajstić information content (AvgIpc) is 3.37.